The first-order chi connectivity index (χ1) is 7.86. The summed E-state index contributed by atoms with van der Waals surface area (Å²) in [6.45, 7) is 6.35. The Balaban J connectivity index is 2.80. The van der Waals surface area contributed by atoms with E-state index in [0.717, 1.165) is 17.5 Å². The molecule has 2 aromatic rings. The summed E-state index contributed by atoms with van der Waals surface area (Å²) in [5.74, 6) is 0.491. The van der Waals surface area contributed by atoms with E-state index in [4.69, 9.17) is 28.9 Å². The third kappa shape index (κ3) is 1.98. The van der Waals surface area contributed by atoms with Crippen LogP contribution in [0.1, 0.15) is 27.2 Å². The van der Waals surface area contributed by atoms with Crippen molar-refractivity contribution < 1.29 is 0 Å². The first-order valence-corrected chi connectivity index (χ1v) is 6.26. The Hall–Kier alpha value is -0.930. The molecule has 0 spiro atoms. The van der Waals surface area contributed by atoms with Crippen molar-refractivity contribution in [2.45, 2.75) is 32.7 Å². The third-order valence-corrected chi connectivity index (χ3v) is 3.92. The number of imidazole rings is 1. The SMILES string of the molecule is CCC(C)(C)n1c(N)nc2cc(Cl)c(Cl)cc21. The molecule has 0 bridgehead atoms. The number of nitrogen functional groups attached to an aromatic ring is 1. The predicted octanol–water partition coefficient (Wildman–Crippen LogP) is 4.07. The first-order valence-electron chi connectivity index (χ1n) is 5.50. The van der Waals surface area contributed by atoms with E-state index >= 15 is 0 Å². The number of rotatable bonds is 2. The summed E-state index contributed by atoms with van der Waals surface area (Å²) in [6.07, 6.45) is 0.947. The highest BCUT2D eigenvalue weighted by atomic mass is 35.5. The van der Waals surface area contributed by atoms with Crippen LogP contribution in [0.25, 0.3) is 11.0 Å². The molecule has 0 amide bonds. The number of halogens is 2. The van der Waals surface area contributed by atoms with Gasteiger partial charge < -0.3 is 10.3 Å². The summed E-state index contributed by atoms with van der Waals surface area (Å²) >= 11 is 12.0. The second kappa shape index (κ2) is 4.07. The monoisotopic (exact) mass is 271 g/mol. The molecule has 3 nitrogen and oxygen atoms in total. The average Bonchev–Trinajstić information content (AvgIpc) is 2.55. The van der Waals surface area contributed by atoms with Crippen LogP contribution >= 0.6 is 23.2 Å². The molecule has 2 rings (SSSR count). The Morgan fingerprint density at radius 2 is 1.88 bits per heavy atom. The van der Waals surface area contributed by atoms with Gasteiger partial charge in [-0.25, -0.2) is 4.98 Å². The molecule has 1 heterocycles. The number of aromatic nitrogens is 2. The van der Waals surface area contributed by atoms with Crippen LogP contribution in [0.3, 0.4) is 0 Å². The molecule has 0 atom stereocenters. The lowest BCUT2D eigenvalue weighted by atomic mass is 10.0. The van der Waals surface area contributed by atoms with E-state index in [0.29, 0.717) is 16.0 Å². The van der Waals surface area contributed by atoms with E-state index in [9.17, 15) is 0 Å². The molecule has 92 valence electrons. The van der Waals surface area contributed by atoms with Gasteiger partial charge in [0.2, 0.25) is 5.95 Å². The molecule has 0 radical (unpaired) electrons. The van der Waals surface area contributed by atoms with Crippen molar-refractivity contribution in [1.82, 2.24) is 9.55 Å². The minimum Gasteiger partial charge on any atom is -0.369 e. The zero-order chi connectivity index (χ0) is 12.8. The van der Waals surface area contributed by atoms with Gasteiger partial charge in [-0.1, -0.05) is 30.1 Å². The molecular weight excluding hydrogens is 257 g/mol. The highest BCUT2D eigenvalue weighted by molar-refractivity contribution is 6.42. The van der Waals surface area contributed by atoms with Crippen molar-refractivity contribution in [3.8, 4) is 0 Å². The van der Waals surface area contributed by atoms with Crippen LogP contribution in [-0.2, 0) is 5.54 Å². The van der Waals surface area contributed by atoms with Crippen LogP contribution in [0, 0.1) is 0 Å². The molecule has 0 fully saturated rings. The van der Waals surface area contributed by atoms with Gasteiger partial charge in [0.05, 0.1) is 21.1 Å². The Labute approximate surface area is 111 Å². The van der Waals surface area contributed by atoms with Gasteiger partial charge in [-0.2, -0.15) is 0 Å². The average molecular weight is 272 g/mol. The quantitative estimate of drug-likeness (QED) is 0.895. The maximum atomic E-state index is 6.05. The number of nitrogens with two attached hydrogens (primary N) is 1. The molecule has 0 aliphatic carbocycles. The molecule has 17 heavy (non-hydrogen) atoms. The van der Waals surface area contributed by atoms with E-state index in [1.807, 2.05) is 10.6 Å². The number of hydrogen-bond donors (Lipinski definition) is 1. The Morgan fingerprint density at radius 1 is 1.29 bits per heavy atom. The van der Waals surface area contributed by atoms with E-state index in [1.54, 1.807) is 6.07 Å². The molecule has 2 N–H and O–H groups in total. The minimum absolute atomic E-state index is 0.101. The van der Waals surface area contributed by atoms with Crippen LogP contribution in [0.15, 0.2) is 12.1 Å². The highest BCUT2D eigenvalue weighted by Gasteiger charge is 2.23. The molecule has 5 heteroatoms. The van der Waals surface area contributed by atoms with Gasteiger partial charge in [0, 0.05) is 5.54 Å². The van der Waals surface area contributed by atoms with Gasteiger partial charge in [-0.05, 0) is 32.4 Å². The molecule has 1 aromatic carbocycles. The molecule has 0 aliphatic heterocycles. The Morgan fingerprint density at radius 3 is 2.47 bits per heavy atom. The van der Waals surface area contributed by atoms with Crippen molar-refractivity contribution >= 4 is 40.2 Å². The zero-order valence-corrected chi connectivity index (χ0v) is 11.6. The third-order valence-electron chi connectivity index (χ3n) is 3.19. The summed E-state index contributed by atoms with van der Waals surface area (Å²) in [5, 5.41) is 1.02. The number of benzene rings is 1. The Bertz CT molecular complexity index is 573. The van der Waals surface area contributed by atoms with Gasteiger partial charge in [-0.3, -0.25) is 0 Å². The first kappa shape index (κ1) is 12.5. The van der Waals surface area contributed by atoms with E-state index in [-0.39, 0.29) is 5.54 Å². The summed E-state index contributed by atoms with van der Waals surface area (Å²) in [7, 11) is 0. The molecule has 0 saturated carbocycles. The van der Waals surface area contributed by atoms with Crippen molar-refractivity contribution in [2.75, 3.05) is 5.73 Å². The second-order valence-corrected chi connectivity index (χ2v) is 5.54. The minimum atomic E-state index is -0.101. The number of fused-ring (bicyclic) bond motifs is 1. The van der Waals surface area contributed by atoms with Gasteiger partial charge in [-0.15, -0.1) is 0 Å². The van der Waals surface area contributed by atoms with Crippen molar-refractivity contribution in [3.63, 3.8) is 0 Å². The van der Waals surface area contributed by atoms with E-state index < -0.39 is 0 Å². The maximum Gasteiger partial charge on any atom is 0.201 e. The van der Waals surface area contributed by atoms with Crippen LogP contribution < -0.4 is 5.73 Å². The van der Waals surface area contributed by atoms with E-state index in [2.05, 4.69) is 25.8 Å². The molecular formula is C12H15Cl2N3. The summed E-state index contributed by atoms with van der Waals surface area (Å²) in [4.78, 5) is 4.33. The normalized spacial score (nSPS) is 12.3. The topological polar surface area (TPSA) is 43.8 Å². The largest absolute Gasteiger partial charge is 0.369 e. The molecule has 1 aromatic heterocycles. The maximum absolute atomic E-state index is 6.05. The van der Waals surface area contributed by atoms with E-state index in [1.165, 1.54) is 0 Å². The second-order valence-electron chi connectivity index (χ2n) is 4.73. The molecule has 0 aliphatic rings. The van der Waals surface area contributed by atoms with Crippen LogP contribution in [-0.4, -0.2) is 9.55 Å². The fourth-order valence-corrected chi connectivity index (χ4v) is 2.20. The smallest absolute Gasteiger partial charge is 0.201 e. The standard InChI is InChI=1S/C12H15Cl2N3/c1-4-12(2,3)17-10-6-8(14)7(13)5-9(10)16-11(17)15/h5-6H,4H2,1-3H3,(H2,15,16). The lowest BCUT2D eigenvalue weighted by Crippen LogP contribution is -2.26. The van der Waals surface area contributed by atoms with Crippen molar-refractivity contribution in [1.29, 1.82) is 0 Å². The lowest BCUT2D eigenvalue weighted by molar-refractivity contribution is 0.357. The highest BCUT2D eigenvalue weighted by Crippen LogP contribution is 2.33. The summed E-state index contributed by atoms with van der Waals surface area (Å²) < 4.78 is 2.00. The fourth-order valence-electron chi connectivity index (χ4n) is 1.89. The molecule has 0 unspecified atom stereocenters. The van der Waals surface area contributed by atoms with Gasteiger partial charge in [0.15, 0.2) is 0 Å². The summed E-state index contributed by atoms with van der Waals surface area (Å²) in [6, 6.07) is 3.57. The zero-order valence-electron chi connectivity index (χ0n) is 10.1. The fraction of sp³-hybridized carbons (Fsp3) is 0.417. The lowest BCUT2D eigenvalue weighted by Gasteiger charge is -2.26. The number of anilines is 1. The van der Waals surface area contributed by atoms with Crippen LogP contribution in [0.4, 0.5) is 5.95 Å². The van der Waals surface area contributed by atoms with Crippen LogP contribution in [0.2, 0.25) is 10.0 Å². The predicted molar refractivity (Wildman–Crippen MR) is 73.8 cm³/mol. The number of hydrogen-bond acceptors (Lipinski definition) is 2. The van der Waals surface area contributed by atoms with Gasteiger partial charge in [0.25, 0.3) is 0 Å². The summed E-state index contributed by atoms with van der Waals surface area (Å²) in [5.41, 5.74) is 7.58. The van der Waals surface area contributed by atoms with Crippen molar-refractivity contribution in [2.24, 2.45) is 0 Å². The van der Waals surface area contributed by atoms with Crippen LogP contribution in [0.5, 0.6) is 0 Å². The van der Waals surface area contributed by atoms with Crippen molar-refractivity contribution in [3.05, 3.63) is 22.2 Å². The van der Waals surface area contributed by atoms with Gasteiger partial charge in [0.1, 0.15) is 0 Å². The number of nitrogens with zero attached hydrogens (tertiary/aromatic N) is 2. The van der Waals surface area contributed by atoms with Gasteiger partial charge >= 0.3 is 0 Å². The Kier molecular flexibility index (Phi) is 3.00. The molecule has 0 saturated heterocycles.